The Labute approximate surface area is 171 Å². The van der Waals surface area contributed by atoms with Gasteiger partial charge in [0.15, 0.2) is 14.1 Å². The second-order valence-corrected chi connectivity index (χ2v) is 13.6. The molecule has 2 rings (SSSR count). The Morgan fingerprint density at radius 2 is 2.07 bits per heavy atom. The Kier molecular flexibility index (Phi) is 6.92. The van der Waals surface area contributed by atoms with E-state index in [0.717, 1.165) is 0 Å². The lowest BCUT2D eigenvalue weighted by atomic mass is 10.2. The molecular weight excluding hydrogens is 394 g/mol. The molecule has 0 fully saturated rings. The van der Waals surface area contributed by atoms with Gasteiger partial charge in [-0.25, -0.2) is 4.79 Å². The standard InChI is InChI=1S/C19H31N3O6Si/c1-12(2)17(23)26-11-13-10-14(28-29(6,7)19(3,4)5)16(27-13)22-9-8-15(21-25)20-18(22)24/h8-10,12,14,16,25H,11H2,1-7H3,(H,20,21,24)/t14-,16-/m1/s1. The molecule has 0 aliphatic carbocycles. The first-order chi connectivity index (χ1) is 13.4. The molecule has 10 heteroatoms. The Hall–Kier alpha value is -2.17. The zero-order valence-electron chi connectivity index (χ0n) is 18.1. The van der Waals surface area contributed by atoms with E-state index in [1.807, 2.05) is 5.48 Å². The smallest absolute Gasteiger partial charge is 0.352 e. The van der Waals surface area contributed by atoms with Crippen molar-refractivity contribution in [1.29, 1.82) is 0 Å². The molecule has 0 amide bonds. The fourth-order valence-corrected chi connectivity index (χ4v) is 3.63. The van der Waals surface area contributed by atoms with Crippen LogP contribution in [0.4, 0.5) is 5.82 Å². The predicted octanol–water partition coefficient (Wildman–Crippen LogP) is 3.05. The van der Waals surface area contributed by atoms with Gasteiger partial charge in [0.2, 0.25) is 6.23 Å². The molecular formula is C19H31N3O6Si. The van der Waals surface area contributed by atoms with E-state index in [0.29, 0.717) is 5.76 Å². The summed E-state index contributed by atoms with van der Waals surface area (Å²) in [5, 5.41) is 8.90. The molecule has 1 aliphatic rings. The van der Waals surface area contributed by atoms with Gasteiger partial charge in [-0.2, -0.15) is 4.98 Å². The Morgan fingerprint density at radius 3 is 2.59 bits per heavy atom. The topological polar surface area (TPSA) is 112 Å². The summed E-state index contributed by atoms with van der Waals surface area (Å²) in [7, 11) is -2.19. The van der Waals surface area contributed by atoms with Crippen LogP contribution in [0.15, 0.2) is 28.9 Å². The molecule has 1 aliphatic heterocycles. The third-order valence-corrected chi connectivity index (χ3v) is 9.66. The Balaban J connectivity index is 2.31. The fraction of sp³-hybridized carbons (Fsp3) is 0.632. The highest BCUT2D eigenvalue weighted by Gasteiger charge is 2.43. The molecule has 9 nitrogen and oxygen atoms in total. The SMILES string of the molecule is CC(C)C(=O)OCC1=C[C@@H](O[Si](C)(C)C(C)(C)C)[C@H](n2ccc(NO)nc2=O)O1. The van der Waals surface area contributed by atoms with E-state index < -0.39 is 26.3 Å². The van der Waals surface area contributed by atoms with E-state index in [-0.39, 0.29) is 29.4 Å². The lowest BCUT2D eigenvalue weighted by Gasteiger charge is -2.39. The number of ether oxygens (including phenoxy) is 2. The number of esters is 1. The maximum Gasteiger partial charge on any atom is 0.352 e. The van der Waals surface area contributed by atoms with Crippen molar-refractivity contribution in [3.8, 4) is 0 Å². The largest absolute Gasteiger partial charge is 0.468 e. The fourth-order valence-electron chi connectivity index (χ4n) is 2.41. The Morgan fingerprint density at radius 1 is 1.41 bits per heavy atom. The molecule has 1 aromatic rings. The molecule has 0 unspecified atom stereocenters. The van der Waals surface area contributed by atoms with Crippen molar-refractivity contribution >= 4 is 20.1 Å². The summed E-state index contributed by atoms with van der Waals surface area (Å²) in [5.74, 6) is -0.136. The van der Waals surface area contributed by atoms with Crippen LogP contribution in [0.5, 0.6) is 0 Å². The summed E-state index contributed by atoms with van der Waals surface area (Å²) in [6.45, 7) is 14.0. The number of hydrogen-bond donors (Lipinski definition) is 2. The van der Waals surface area contributed by atoms with E-state index in [4.69, 9.17) is 19.1 Å². The number of aromatic nitrogens is 2. The highest BCUT2D eigenvalue weighted by molar-refractivity contribution is 6.74. The Bertz CT molecular complexity index is 828. The minimum Gasteiger partial charge on any atom is -0.468 e. The monoisotopic (exact) mass is 425 g/mol. The number of carbonyl (C=O) groups is 1. The quantitative estimate of drug-likeness (QED) is 0.389. The molecule has 1 aromatic heterocycles. The van der Waals surface area contributed by atoms with Gasteiger partial charge in [0.1, 0.15) is 18.5 Å². The molecule has 2 N–H and O–H groups in total. The van der Waals surface area contributed by atoms with Gasteiger partial charge in [0, 0.05) is 6.20 Å². The number of nitrogens with zero attached hydrogens (tertiary/aromatic N) is 2. The molecule has 0 radical (unpaired) electrons. The van der Waals surface area contributed by atoms with Gasteiger partial charge in [-0.15, -0.1) is 0 Å². The minimum absolute atomic E-state index is 0.0326. The van der Waals surface area contributed by atoms with Crippen molar-refractivity contribution in [2.75, 3.05) is 12.1 Å². The van der Waals surface area contributed by atoms with Gasteiger partial charge in [-0.3, -0.25) is 20.0 Å². The zero-order chi connectivity index (χ0) is 22.0. The van der Waals surface area contributed by atoms with Crippen LogP contribution in [0.2, 0.25) is 18.1 Å². The van der Waals surface area contributed by atoms with Gasteiger partial charge < -0.3 is 13.9 Å². The van der Waals surface area contributed by atoms with Crippen molar-refractivity contribution in [2.24, 2.45) is 5.92 Å². The maximum absolute atomic E-state index is 12.4. The summed E-state index contributed by atoms with van der Waals surface area (Å²) in [6.07, 6.45) is 1.89. The van der Waals surface area contributed by atoms with Gasteiger partial charge in [-0.1, -0.05) is 34.6 Å². The van der Waals surface area contributed by atoms with Crippen LogP contribution >= 0.6 is 0 Å². The van der Waals surface area contributed by atoms with E-state index in [1.165, 1.54) is 16.8 Å². The molecule has 162 valence electrons. The average molecular weight is 426 g/mol. The lowest BCUT2D eigenvalue weighted by Crippen LogP contribution is -2.46. The maximum atomic E-state index is 12.4. The second kappa shape index (κ2) is 8.68. The lowest BCUT2D eigenvalue weighted by molar-refractivity contribution is -0.147. The van der Waals surface area contributed by atoms with Crippen LogP contribution in [-0.4, -0.2) is 41.8 Å². The van der Waals surface area contributed by atoms with Crippen LogP contribution in [0.25, 0.3) is 0 Å². The van der Waals surface area contributed by atoms with E-state index in [2.05, 4.69) is 38.8 Å². The summed E-state index contributed by atoms with van der Waals surface area (Å²) in [6, 6.07) is 1.45. The number of hydrogen-bond acceptors (Lipinski definition) is 8. The van der Waals surface area contributed by atoms with Gasteiger partial charge >= 0.3 is 11.7 Å². The predicted molar refractivity (Wildman–Crippen MR) is 110 cm³/mol. The summed E-state index contributed by atoms with van der Waals surface area (Å²) in [4.78, 5) is 28.0. The third-order valence-electron chi connectivity index (χ3n) is 5.19. The summed E-state index contributed by atoms with van der Waals surface area (Å²) in [5.41, 5.74) is 1.24. The molecule has 29 heavy (non-hydrogen) atoms. The van der Waals surface area contributed by atoms with E-state index in [1.54, 1.807) is 19.9 Å². The molecule has 2 heterocycles. The summed E-state index contributed by atoms with van der Waals surface area (Å²) >= 11 is 0. The molecule has 0 saturated heterocycles. The van der Waals surface area contributed by atoms with Crippen LogP contribution in [-0.2, 0) is 18.7 Å². The van der Waals surface area contributed by atoms with Crippen molar-refractivity contribution in [3.05, 3.63) is 34.6 Å². The van der Waals surface area contributed by atoms with Crippen molar-refractivity contribution < 1.29 is 23.9 Å². The first-order valence-electron chi connectivity index (χ1n) is 9.57. The number of rotatable bonds is 7. The average Bonchev–Trinajstić information content (AvgIpc) is 3.00. The summed E-state index contributed by atoms with van der Waals surface area (Å²) < 4.78 is 19.0. The van der Waals surface area contributed by atoms with Crippen LogP contribution < -0.4 is 11.2 Å². The first kappa shape index (κ1) is 23.1. The molecule has 0 bridgehead atoms. The third kappa shape index (κ3) is 5.46. The normalized spacial score (nSPS) is 19.7. The number of nitrogens with one attached hydrogen (secondary N) is 1. The van der Waals surface area contributed by atoms with Crippen LogP contribution in [0.1, 0.15) is 40.8 Å². The number of carbonyl (C=O) groups excluding carboxylic acids is 1. The first-order valence-corrected chi connectivity index (χ1v) is 12.5. The van der Waals surface area contributed by atoms with Crippen molar-refractivity contribution in [3.63, 3.8) is 0 Å². The highest BCUT2D eigenvalue weighted by atomic mass is 28.4. The van der Waals surface area contributed by atoms with E-state index in [9.17, 15) is 9.59 Å². The molecule has 0 aromatic carbocycles. The van der Waals surface area contributed by atoms with Crippen molar-refractivity contribution in [1.82, 2.24) is 9.55 Å². The molecule has 0 spiro atoms. The van der Waals surface area contributed by atoms with Crippen molar-refractivity contribution in [2.45, 2.75) is 65.1 Å². The van der Waals surface area contributed by atoms with Gasteiger partial charge in [0.25, 0.3) is 0 Å². The zero-order valence-corrected chi connectivity index (χ0v) is 19.1. The van der Waals surface area contributed by atoms with Gasteiger partial charge in [0.05, 0.1) is 5.92 Å². The van der Waals surface area contributed by atoms with E-state index >= 15 is 0 Å². The van der Waals surface area contributed by atoms with Crippen LogP contribution in [0.3, 0.4) is 0 Å². The minimum atomic E-state index is -2.19. The van der Waals surface area contributed by atoms with Gasteiger partial charge in [-0.05, 0) is 30.3 Å². The molecule has 2 atom stereocenters. The highest BCUT2D eigenvalue weighted by Crippen LogP contribution is 2.40. The second-order valence-electron chi connectivity index (χ2n) is 8.86. The van der Waals surface area contributed by atoms with Crippen LogP contribution in [0, 0.1) is 5.92 Å². The molecule has 0 saturated carbocycles. The number of anilines is 1.